The van der Waals surface area contributed by atoms with Crippen LogP contribution in [0.3, 0.4) is 0 Å². The molecule has 10 heteroatoms. The second-order valence-corrected chi connectivity index (χ2v) is 3.59. The Kier molecular flexibility index (Phi) is 7.21. The smallest absolute Gasteiger partial charge is 0.184 e. The van der Waals surface area contributed by atoms with E-state index in [4.69, 9.17) is 24.4 Å². The van der Waals surface area contributed by atoms with Gasteiger partial charge in [-0.25, -0.2) is 18.6 Å². The van der Waals surface area contributed by atoms with Gasteiger partial charge in [0.05, 0.1) is 6.21 Å². The van der Waals surface area contributed by atoms with E-state index in [0.717, 1.165) is 5.56 Å². The molecule has 0 radical (unpaired) electrons. The summed E-state index contributed by atoms with van der Waals surface area (Å²) in [5, 5.41) is 3.93. The van der Waals surface area contributed by atoms with E-state index in [-0.39, 0.29) is 5.11 Å². The minimum atomic E-state index is -4.94. The summed E-state index contributed by atoms with van der Waals surface area (Å²) in [4.78, 5) is 3.86. The third-order valence-electron chi connectivity index (χ3n) is 1.09. The molecule has 0 aliphatic heterocycles. The van der Waals surface area contributed by atoms with Gasteiger partial charge in [-0.3, -0.25) is 10.4 Å². The second-order valence-electron chi connectivity index (χ2n) is 2.39. The molecule has 8 nitrogen and oxygen atoms in total. The summed E-state index contributed by atoms with van der Waals surface area (Å²) in [6, 6.07) is 3.65. The van der Waals surface area contributed by atoms with E-state index in [1.807, 2.05) is 12.1 Å². The Morgan fingerprint density at radius 3 is 2.24 bits per heavy atom. The Hall–Kier alpha value is -1.36. The normalized spacial score (nSPS) is 10.6. The Morgan fingerprint density at radius 1 is 1.35 bits per heavy atom. The van der Waals surface area contributed by atoms with Gasteiger partial charge in [0.1, 0.15) is 0 Å². The van der Waals surface area contributed by atoms with Crippen molar-refractivity contribution in [1.29, 1.82) is 0 Å². The summed E-state index contributed by atoms with van der Waals surface area (Å²) in [5.74, 6) is 0. The van der Waals surface area contributed by atoms with Crippen LogP contribution in [-0.2, 0) is 0 Å². The van der Waals surface area contributed by atoms with Gasteiger partial charge in [-0.1, -0.05) is 0 Å². The van der Waals surface area contributed by atoms with Crippen molar-refractivity contribution in [1.82, 2.24) is 10.4 Å². The molecule has 0 spiro atoms. The highest BCUT2D eigenvalue weighted by molar-refractivity contribution is 7.80. The molecule has 94 valence electrons. The van der Waals surface area contributed by atoms with E-state index in [9.17, 15) is 0 Å². The Bertz CT molecular complexity index is 364. The molecule has 0 atom stereocenters. The van der Waals surface area contributed by atoms with Gasteiger partial charge in [0.2, 0.25) is 0 Å². The first kappa shape index (κ1) is 15.6. The van der Waals surface area contributed by atoms with Crippen molar-refractivity contribution in [2.45, 2.75) is 0 Å². The van der Waals surface area contributed by atoms with Crippen LogP contribution in [-0.4, -0.2) is 16.3 Å². The van der Waals surface area contributed by atoms with Gasteiger partial charge in [0, 0.05) is 12.4 Å². The fourth-order valence-electron chi connectivity index (χ4n) is 0.620. The molecule has 1 rings (SSSR count). The van der Waals surface area contributed by atoms with Gasteiger partial charge >= 0.3 is 0 Å². The topological polar surface area (TPSA) is 156 Å². The lowest BCUT2D eigenvalue weighted by molar-refractivity contribution is -2.00. The van der Waals surface area contributed by atoms with E-state index in [0.29, 0.717) is 0 Å². The van der Waals surface area contributed by atoms with Crippen LogP contribution in [0.15, 0.2) is 29.6 Å². The van der Waals surface area contributed by atoms with Crippen molar-refractivity contribution in [3.8, 4) is 0 Å². The lowest BCUT2D eigenvalue weighted by Gasteiger charge is -2.17. The van der Waals surface area contributed by atoms with Crippen molar-refractivity contribution in [3.63, 3.8) is 0 Å². The number of nitrogens with two attached hydrogens (primary N) is 1. The van der Waals surface area contributed by atoms with Gasteiger partial charge in [0.15, 0.2) is 5.11 Å². The van der Waals surface area contributed by atoms with Crippen LogP contribution < -0.4 is 29.8 Å². The molecule has 1 aromatic rings. The largest absolute Gasteiger partial charge is 0.375 e. The average Bonchev–Trinajstić information content (AvgIpc) is 2.16. The molecule has 0 amide bonds. The highest BCUT2D eigenvalue weighted by Gasteiger charge is 1.84. The highest BCUT2D eigenvalue weighted by atomic mass is 35.7. The third kappa shape index (κ3) is 14.6. The number of thiocarbonyl (C=S) groups is 1. The summed E-state index contributed by atoms with van der Waals surface area (Å²) in [6.07, 6.45) is 4.98. The molecule has 3 N–H and O–H groups in total. The highest BCUT2D eigenvalue weighted by Crippen LogP contribution is 1.89. The maximum absolute atomic E-state index is 8.49. The monoisotopic (exact) mass is 279 g/mol. The van der Waals surface area contributed by atoms with Crippen molar-refractivity contribution in [2.75, 3.05) is 0 Å². The molecule has 1 aromatic heterocycles. The van der Waals surface area contributed by atoms with Crippen molar-refractivity contribution < 1.29 is 28.9 Å². The number of nitrogens with zero attached hydrogens (tertiary/aromatic N) is 2. The number of pyridine rings is 1. The van der Waals surface area contributed by atoms with E-state index >= 15 is 0 Å². The molecule has 0 bridgehead atoms. The molecule has 1 heterocycles. The van der Waals surface area contributed by atoms with Gasteiger partial charge in [-0.15, -0.1) is 10.2 Å². The molecule has 0 saturated carbocycles. The Labute approximate surface area is 104 Å². The van der Waals surface area contributed by atoms with Gasteiger partial charge in [-0.2, -0.15) is 5.10 Å². The second kappa shape index (κ2) is 7.84. The maximum Gasteiger partial charge on any atom is 0.184 e. The zero-order valence-corrected chi connectivity index (χ0v) is 9.85. The predicted octanol–water partition coefficient (Wildman–Crippen LogP) is -4.51. The standard InChI is InChI=1S/C7H8N4S.ClHO4/c8-7(12)11-10-5-6-1-3-9-4-2-6;2-1(3,4)5/h1-5H,(H3,8,11,12);(H,2,3,4,5)/p-1/b10-5+;. The van der Waals surface area contributed by atoms with E-state index in [2.05, 4.69) is 27.7 Å². The summed E-state index contributed by atoms with van der Waals surface area (Å²) >= 11 is 4.55. The van der Waals surface area contributed by atoms with Crippen LogP contribution in [0.1, 0.15) is 5.56 Å². The Morgan fingerprint density at radius 2 is 1.82 bits per heavy atom. The molecule has 0 unspecified atom stereocenters. The summed E-state index contributed by atoms with van der Waals surface area (Å²) in [5.41, 5.74) is 8.54. The summed E-state index contributed by atoms with van der Waals surface area (Å²) < 4.78 is 34.0. The van der Waals surface area contributed by atoms with E-state index in [1.165, 1.54) is 0 Å². The average molecular weight is 280 g/mol. The number of halogens is 1. The van der Waals surface area contributed by atoms with E-state index < -0.39 is 10.2 Å². The van der Waals surface area contributed by atoms with Crippen molar-refractivity contribution >= 4 is 23.5 Å². The SMILES string of the molecule is NC(=S)N/N=C/c1ccncc1.[O-][Cl+3]([O-])([O-])[O-]. The zero-order chi connectivity index (χ0) is 13.3. The number of hydrogen-bond donors (Lipinski definition) is 2. The maximum atomic E-state index is 8.49. The van der Waals surface area contributed by atoms with Crippen LogP contribution >= 0.6 is 12.2 Å². The zero-order valence-electron chi connectivity index (χ0n) is 8.28. The number of hydrogen-bond acceptors (Lipinski definition) is 7. The van der Waals surface area contributed by atoms with Gasteiger partial charge in [0.25, 0.3) is 0 Å². The van der Waals surface area contributed by atoms with Gasteiger partial charge in [-0.05, 0) is 29.9 Å². The number of rotatable bonds is 2. The van der Waals surface area contributed by atoms with Crippen molar-refractivity contribution in [3.05, 3.63) is 30.1 Å². The molecule has 17 heavy (non-hydrogen) atoms. The molecular weight excluding hydrogens is 272 g/mol. The number of aromatic nitrogens is 1. The minimum absolute atomic E-state index is 0.153. The van der Waals surface area contributed by atoms with Crippen LogP contribution in [0.2, 0.25) is 0 Å². The third-order valence-corrected chi connectivity index (χ3v) is 1.19. The van der Waals surface area contributed by atoms with Crippen LogP contribution in [0, 0.1) is 10.2 Å². The number of hydrazone groups is 1. The van der Waals surface area contributed by atoms with Crippen LogP contribution in [0.5, 0.6) is 0 Å². The minimum Gasteiger partial charge on any atom is -0.375 e. The quantitative estimate of drug-likeness (QED) is 0.312. The fraction of sp³-hybridized carbons (Fsp3) is 0. The molecule has 0 aliphatic rings. The lowest BCUT2D eigenvalue weighted by Crippen LogP contribution is -2.68. The molecule has 0 fully saturated rings. The first-order valence-corrected chi connectivity index (χ1v) is 5.53. The molecular formula is C7H8ClN4O4S-. The van der Waals surface area contributed by atoms with Gasteiger partial charge < -0.3 is 5.73 Å². The van der Waals surface area contributed by atoms with Crippen LogP contribution in [0.25, 0.3) is 0 Å². The summed E-state index contributed by atoms with van der Waals surface area (Å²) in [7, 11) is -4.94. The fourth-order valence-corrected chi connectivity index (χ4v) is 0.673. The first-order valence-electron chi connectivity index (χ1n) is 3.89. The molecule has 0 aliphatic carbocycles. The lowest BCUT2D eigenvalue weighted by atomic mass is 10.3. The predicted molar refractivity (Wildman–Crippen MR) is 51.8 cm³/mol. The van der Waals surface area contributed by atoms with Crippen molar-refractivity contribution in [2.24, 2.45) is 10.8 Å². The number of nitrogens with one attached hydrogen (secondary N) is 1. The molecule has 0 saturated heterocycles. The first-order chi connectivity index (χ1) is 7.79. The Balaban J connectivity index is 0.000000437. The van der Waals surface area contributed by atoms with Crippen LogP contribution in [0.4, 0.5) is 0 Å². The summed E-state index contributed by atoms with van der Waals surface area (Å²) in [6.45, 7) is 0. The molecule has 0 aromatic carbocycles. The van der Waals surface area contributed by atoms with E-state index in [1.54, 1.807) is 18.6 Å².